The van der Waals surface area contributed by atoms with E-state index in [1.807, 2.05) is 12.1 Å². The molecule has 2 nitrogen and oxygen atoms in total. The lowest BCUT2D eigenvalue weighted by molar-refractivity contribution is 0.354. The molecule has 0 saturated heterocycles. The fourth-order valence-corrected chi connectivity index (χ4v) is 1.19. The fraction of sp³-hybridized carbons (Fsp3) is 0.273. The number of hydrogen-bond acceptors (Lipinski definition) is 2. The molecule has 0 radical (unpaired) electrons. The van der Waals surface area contributed by atoms with Gasteiger partial charge < -0.3 is 9.47 Å². The first-order valence-electron chi connectivity index (χ1n) is 4.28. The van der Waals surface area contributed by atoms with Crippen molar-refractivity contribution in [3.63, 3.8) is 0 Å². The molecule has 0 atom stereocenters. The van der Waals surface area contributed by atoms with Gasteiger partial charge in [-0.1, -0.05) is 12.1 Å². The minimum atomic E-state index is 0.538. The van der Waals surface area contributed by atoms with Crippen molar-refractivity contribution in [2.45, 2.75) is 6.42 Å². The highest BCUT2D eigenvalue weighted by molar-refractivity contribution is 5.43. The molecule has 76 valence electrons. The van der Waals surface area contributed by atoms with Crippen molar-refractivity contribution in [2.75, 3.05) is 14.2 Å². The lowest BCUT2D eigenvalue weighted by atomic mass is 10.1. The molecule has 0 N–H and O–H groups in total. The van der Waals surface area contributed by atoms with Crippen LogP contribution in [-0.2, 0) is 6.42 Å². The summed E-state index contributed by atoms with van der Waals surface area (Å²) >= 11 is 0. The zero-order chi connectivity index (χ0) is 10.4. The third kappa shape index (κ3) is 2.49. The highest BCUT2D eigenvalue weighted by Crippen LogP contribution is 2.27. The van der Waals surface area contributed by atoms with Crippen molar-refractivity contribution in [3.05, 3.63) is 36.2 Å². The summed E-state index contributed by atoms with van der Waals surface area (Å²) in [6.45, 7) is 0. The quantitative estimate of drug-likeness (QED) is 0.737. The van der Waals surface area contributed by atoms with Crippen LogP contribution in [0.4, 0.5) is 4.39 Å². The van der Waals surface area contributed by atoms with E-state index >= 15 is 0 Å². The molecule has 1 rings (SSSR count). The highest BCUT2D eigenvalue weighted by atomic mass is 19.1. The third-order valence-electron chi connectivity index (χ3n) is 1.89. The molecular formula is C11H13FO2. The van der Waals surface area contributed by atoms with Gasteiger partial charge in [0.2, 0.25) is 0 Å². The molecule has 0 amide bonds. The molecule has 0 unspecified atom stereocenters. The van der Waals surface area contributed by atoms with Crippen LogP contribution in [0.1, 0.15) is 5.56 Å². The number of hydrogen-bond donors (Lipinski definition) is 0. The Morgan fingerprint density at radius 3 is 2.50 bits per heavy atom. The van der Waals surface area contributed by atoms with E-state index in [1.54, 1.807) is 20.3 Å². The summed E-state index contributed by atoms with van der Waals surface area (Å²) in [4.78, 5) is 0. The van der Waals surface area contributed by atoms with Gasteiger partial charge in [-0.25, -0.2) is 4.39 Å². The van der Waals surface area contributed by atoms with Gasteiger partial charge in [0.15, 0.2) is 11.5 Å². The second kappa shape index (κ2) is 5.27. The maximum absolute atomic E-state index is 11.8. The number of allylic oxidation sites excluding steroid dienone is 1. The van der Waals surface area contributed by atoms with E-state index in [0.29, 0.717) is 24.2 Å². The van der Waals surface area contributed by atoms with E-state index < -0.39 is 0 Å². The molecule has 0 aliphatic heterocycles. The van der Waals surface area contributed by atoms with Crippen LogP contribution in [0.2, 0.25) is 0 Å². The summed E-state index contributed by atoms with van der Waals surface area (Å²) in [5.74, 6) is 1.35. The normalized spacial score (nSPS) is 10.5. The maximum Gasteiger partial charge on any atom is 0.160 e. The van der Waals surface area contributed by atoms with Crippen LogP contribution in [0.5, 0.6) is 11.5 Å². The predicted molar refractivity (Wildman–Crippen MR) is 53.5 cm³/mol. The Hall–Kier alpha value is -1.51. The van der Waals surface area contributed by atoms with Crippen LogP contribution in [-0.4, -0.2) is 14.2 Å². The number of halogens is 1. The predicted octanol–water partition coefficient (Wildman–Crippen LogP) is 2.73. The van der Waals surface area contributed by atoms with Gasteiger partial charge in [-0.15, -0.1) is 0 Å². The average molecular weight is 196 g/mol. The first-order valence-corrected chi connectivity index (χ1v) is 4.28. The Labute approximate surface area is 83.0 Å². The Kier molecular flexibility index (Phi) is 3.98. The summed E-state index contributed by atoms with van der Waals surface area (Å²) in [6.07, 6.45) is 2.54. The zero-order valence-corrected chi connectivity index (χ0v) is 8.29. The molecule has 0 aliphatic carbocycles. The van der Waals surface area contributed by atoms with Gasteiger partial charge >= 0.3 is 0 Å². The van der Waals surface area contributed by atoms with E-state index in [4.69, 9.17) is 9.47 Å². The smallest absolute Gasteiger partial charge is 0.160 e. The second-order valence-corrected chi connectivity index (χ2v) is 2.76. The lowest BCUT2D eigenvalue weighted by Gasteiger charge is -2.08. The average Bonchev–Trinajstić information content (AvgIpc) is 2.25. The number of methoxy groups -OCH3 is 2. The molecule has 0 aliphatic rings. The van der Waals surface area contributed by atoms with Crippen LogP contribution in [0.15, 0.2) is 30.6 Å². The van der Waals surface area contributed by atoms with Crippen LogP contribution >= 0.6 is 0 Å². The maximum atomic E-state index is 11.8. The molecule has 1 aromatic carbocycles. The van der Waals surface area contributed by atoms with Crippen LogP contribution in [0, 0.1) is 0 Å². The van der Waals surface area contributed by atoms with Crippen molar-refractivity contribution in [1.29, 1.82) is 0 Å². The van der Waals surface area contributed by atoms with Crippen LogP contribution in [0.25, 0.3) is 0 Å². The molecule has 3 heteroatoms. The van der Waals surface area contributed by atoms with Gasteiger partial charge in [-0.05, 0) is 24.1 Å². The standard InChI is InChI=1S/C11H13FO2/c1-13-10-6-5-9(4-3-7-12)8-11(10)14-2/h3,5-8H,4H2,1-2H3/b7-3-. The van der Waals surface area contributed by atoms with E-state index in [1.165, 1.54) is 6.08 Å². The number of ether oxygens (including phenoxy) is 2. The van der Waals surface area contributed by atoms with Crippen LogP contribution in [0.3, 0.4) is 0 Å². The van der Waals surface area contributed by atoms with E-state index in [9.17, 15) is 4.39 Å². The molecule has 0 saturated carbocycles. The molecular weight excluding hydrogens is 183 g/mol. The van der Waals surface area contributed by atoms with Gasteiger partial charge in [-0.2, -0.15) is 0 Å². The molecule has 1 aromatic rings. The van der Waals surface area contributed by atoms with E-state index in [2.05, 4.69) is 0 Å². The summed E-state index contributed by atoms with van der Waals surface area (Å²) in [6, 6.07) is 5.51. The van der Waals surface area contributed by atoms with Crippen LogP contribution < -0.4 is 9.47 Å². The summed E-state index contributed by atoms with van der Waals surface area (Å²) in [5, 5.41) is 0. The summed E-state index contributed by atoms with van der Waals surface area (Å²) < 4.78 is 22.0. The van der Waals surface area contributed by atoms with Crippen molar-refractivity contribution in [2.24, 2.45) is 0 Å². The largest absolute Gasteiger partial charge is 0.493 e. The van der Waals surface area contributed by atoms with E-state index in [-0.39, 0.29) is 0 Å². The minimum Gasteiger partial charge on any atom is -0.493 e. The van der Waals surface area contributed by atoms with Crippen molar-refractivity contribution in [3.8, 4) is 11.5 Å². The molecule has 0 aromatic heterocycles. The molecule has 0 spiro atoms. The van der Waals surface area contributed by atoms with Crippen molar-refractivity contribution < 1.29 is 13.9 Å². The Bertz CT molecular complexity index is 321. The first kappa shape index (κ1) is 10.6. The third-order valence-corrected chi connectivity index (χ3v) is 1.89. The Morgan fingerprint density at radius 1 is 1.21 bits per heavy atom. The summed E-state index contributed by atoms with van der Waals surface area (Å²) in [5.41, 5.74) is 0.983. The number of rotatable bonds is 4. The number of benzene rings is 1. The topological polar surface area (TPSA) is 18.5 Å². The molecule has 0 heterocycles. The molecule has 0 fully saturated rings. The molecule has 0 bridgehead atoms. The minimum absolute atomic E-state index is 0.538. The Morgan fingerprint density at radius 2 is 1.93 bits per heavy atom. The van der Waals surface area contributed by atoms with Gasteiger partial charge in [-0.3, -0.25) is 0 Å². The van der Waals surface area contributed by atoms with Gasteiger partial charge in [0, 0.05) is 0 Å². The first-order chi connectivity index (χ1) is 6.81. The highest BCUT2D eigenvalue weighted by Gasteiger charge is 2.02. The fourth-order valence-electron chi connectivity index (χ4n) is 1.19. The monoisotopic (exact) mass is 196 g/mol. The summed E-state index contributed by atoms with van der Waals surface area (Å²) in [7, 11) is 3.16. The van der Waals surface area contributed by atoms with Crippen molar-refractivity contribution in [1.82, 2.24) is 0 Å². The molecule has 14 heavy (non-hydrogen) atoms. The lowest BCUT2D eigenvalue weighted by Crippen LogP contribution is -1.91. The second-order valence-electron chi connectivity index (χ2n) is 2.76. The zero-order valence-electron chi connectivity index (χ0n) is 8.29. The van der Waals surface area contributed by atoms with Gasteiger partial charge in [0.25, 0.3) is 0 Å². The Balaban J connectivity index is 2.89. The SMILES string of the molecule is COc1ccc(C/C=C\F)cc1OC. The van der Waals surface area contributed by atoms with Gasteiger partial charge in [0.1, 0.15) is 0 Å². The van der Waals surface area contributed by atoms with E-state index in [0.717, 1.165) is 5.56 Å². The van der Waals surface area contributed by atoms with Gasteiger partial charge in [0.05, 0.1) is 20.5 Å². The van der Waals surface area contributed by atoms with Crippen molar-refractivity contribution >= 4 is 0 Å².